The molecule has 344 valence electrons. The number of carbonyl (C=O) groups excluding carboxylic acids is 2. The summed E-state index contributed by atoms with van der Waals surface area (Å²) in [6, 6.07) is 12.4. The lowest BCUT2D eigenvalue weighted by Crippen LogP contribution is -2.12. The Balaban J connectivity index is 1.49. The predicted octanol–water partition coefficient (Wildman–Crippen LogP) is 14.6. The van der Waals surface area contributed by atoms with Crippen LogP contribution < -0.4 is 29.8 Å². The van der Waals surface area contributed by atoms with E-state index < -0.39 is 0 Å². The summed E-state index contributed by atoms with van der Waals surface area (Å²) >= 11 is 0. The summed E-state index contributed by atoms with van der Waals surface area (Å²) in [5, 5.41) is 0. The summed E-state index contributed by atoms with van der Waals surface area (Å²) in [4.78, 5) is 49.8. The normalized spacial score (nSPS) is 11.0. The molecule has 0 saturated heterocycles. The van der Waals surface area contributed by atoms with Crippen molar-refractivity contribution in [2.45, 2.75) is 226 Å². The van der Waals surface area contributed by atoms with Crippen molar-refractivity contribution in [3.05, 3.63) is 69.0 Å². The van der Waals surface area contributed by atoms with Crippen LogP contribution in [-0.4, -0.2) is 25.2 Å². The monoisotopic (exact) mass is 849 g/mol. The van der Waals surface area contributed by atoms with Crippen molar-refractivity contribution in [1.29, 1.82) is 0 Å². The molecule has 0 aliphatic rings. The fourth-order valence-electron chi connectivity index (χ4n) is 7.47. The average molecular weight is 849 g/mol. The molecule has 8 heteroatoms. The molecule has 2 aromatic rings. The molecule has 0 heterocycles. The zero-order valence-electron chi connectivity index (χ0n) is 38.6. The van der Waals surface area contributed by atoms with Crippen LogP contribution >= 0.6 is 0 Å². The molecule has 0 bridgehead atoms. The number of carbonyl (C=O) groups is 2. The van der Waals surface area contributed by atoms with Gasteiger partial charge in [0.15, 0.2) is 11.5 Å². The lowest BCUT2D eigenvalue weighted by Gasteiger charge is -2.06. The SMILES string of the molecule is CCCCCCCCCCCCCCCC(=O)Oc1ccc(OCCCCCCCOc2ccc(OC(=O)CCCCCCCCCCCCCCC)c(=O)cc2)ccc1=O. The molecular formula is C53H84O8. The Kier molecular flexibility index (Phi) is 33.3. The van der Waals surface area contributed by atoms with Gasteiger partial charge in [-0.15, -0.1) is 0 Å². The van der Waals surface area contributed by atoms with E-state index in [1.54, 1.807) is 24.3 Å². The Hall–Kier alpha value is -3.68. The third-order valence-electron chi connectivity index (χ3n) is 11.3. The molecule has 0 aromatic heterocycles. The summed E-state index contributed by atoms with van der Waals surface area (Å²) in [5.74, 6) is 0.470. The van der Waals surface area contributed by atoms with Crippen molar-refractivity contribution in [3.63, 3.8) is 0 Å². The Morgan fingerprint density at radius 2 is 0.607 bits per heavy atom. The summed E-state index contributed by atoms with van der Waals surface area (Å²) in [6.45, 7) is 5.55. The fourth-order valence-corrected chi connectivity index (χ4v) is 7.47. The average Bonchev–Trinajstić information content (AvgIpc) is 3.54. The van der Waals surface area contributed by atoms with Gasteiger partial charge in [-0.05, 0) is 74.2 Å². The molecule has 0 amide bonds. The van der Waals surface area contributed by atoms with Crippen LogP contribution in [0.15, 0.2) is 58.1 Å². The Morgan fingerprint density at radius 1 is 0.344 bits per heavy atom. The van der Waals surface area contributed by atoms with Crippen LogP contribution in [0.25, 0.3) is 0 Å². The largest absolute Gasteiger partial charge is 0.494 e. The second-order valence-electron chi connectivity index (χ2n) is 17.0. The molecule has 0 N–H and O–H groups in total. The highest BCUT2D eigenvalue weighted by molar-refractivity contribution is 5.72. The van der Waals surface area contributed by atoms with Gasteiger partial charge in [-0.3, -0.25) is 19.2 Å². The van der Waals surface area contributed by atoms with Crippen molar-refractivity contribution < 1.29 is 28.5 Å². The minimum atomic E-state index is -0.365. The number of rotatable bonds is 40. The highest BCUT2D eigenvalue weighted by atomic mass is 16.5. The smallest absolute Gasteiger partial charge is 0.311 e. The number of unbranched alkanes of at least 4 members (excludes halogenated alkanes) is 28. The topological polar surface area (TPSA) is 105 Å². The molecule has 0 unspecified atom stereocenters. The van der Waals surface area contributed by atoms with Crippen LogP contribution in [-0.2, 0) is 9.59 Å². The Bertz CT molecular complexity index is 1410. The van der Waals surface area contributed by atoms with Gasteiger partial charge in [0.2, 0.25) is 10.9 Å². The zero-order valence-corrected chi connectivity index (χ0v) is 38.6. The first-order valence-electron chi connectivity index (χ1n) is 24.9. The summed E-state index contributed by atoms with van der Waals surface area (Å²) in [7, 11) is 0. The Labute approximate surface area is 370 Å². The molecular weight excluding hydrogens is 765 g/mol. The van der Waals surface area contributed by atoms with E-state index in [1.807, 2.05) is 0 Å². The van der Waals surface area contributed by atoms with E-state index in [-0.39, 0.29) is 34.3 Å². The zero-order chi connectivity index (χ0) is 43.9. The molecule has 0 atom stereocenters. The van der Waals surface area contributed by atoms with Gasteiger partial charge in [0.1, 0.15) is 11.5 Å². The summed E-state index contributed by atoms with van der Waals surface area (Å²) in [5.41, 5.74) is -0.680. The highest BCUT2D eigenvalue weighted by Gasteiger charge is 2.09. The van der Waals surface area contributed by atoms with Crippen molar-refractivity contribution in [2.75, 3.05) is 13.2 Å². The molecule has 2 rings (SSSR count). The van der Waals surface area contributed by atoms with Crippen LogP contribution in [0.5, 0.6) is 23.0 Å². The maximum atomic E-state index is 12.5. The standard InChI is InChI=1S/C53H84O8/c1-3-5-7-9-11-13-15-17-19-21-23-26-30-34-52(56)60-50-42-38-46(36-40-48(50)54)58-44-32-28-25-29-33-45-59-47-37-41-49(55)51(43-39-47)61-53(57)35-31-27-24-22-20-18-16-14-12-10-8-6-4-2/h36-43H,3-35,44-45H2,1-2H3. The fraction of sp³-hybridized carbons (Fsp3) is 0.698. The lowest BCUT2D eigenvalue weighted by molar-refractivity contribution is -0.135. The number of hydrogen-bond donors (Lipinski definition) is 0. The van der Waals surface area contributed by atoms with Crippen molar-refractivity contribution in [1.82, 2.24) is 0 Å². The lowest BCUT2D eigenvalue weighted by atomic mass is 10.0. The van der Waals surface area contributed by atoms with Gasteiger partial charge < -0.3 is 18.9 Å². The van der Waals surface area contributed by atoms with E-state index >= 15 is 0 Å². The second-order valence-corrected chi connectivity index (χ2v) is 17.0. The molecule has 0 spiro atoms. The number of ether oxygens (including phenoxy) is 4. The molecule has 0 radical (unpaired) electrons. The van der Waals surface area contributed by atoms with Gasteiger partial charge in [-0.25, -0.2) is 0 Å². The van der Waals surface area contributed by atoms with Crippen LogP contribution in [0.4, 0.5) is 0 Å². The Morgan fingerprint density at radius 3 is 0.918 bits per heavy atom. The molecule has 0 aliphatic heterocycles. The van der Waals surface area contributed by atoms with Gasteiger partial charge in [-0.1, -0.05) is 187 Å². The molecule has 0 saturated carbocycles. The quantitative estimate of drug-likeness (QED) is 0.0482. The second kappa shape index (κ2) is 38.0. The van der Waals surface area contributed by atoms with Gasteiger partial charge >= 0.3 is 11.9 Å². The van der Waals surface area contributed by atoms with Crippen LogP contribution in [0.3, 0.4) is 0 Å². The molecule has 0 aliphatic carbocycles. The van der Waals surface area contributed by atoms with E-state index in [4.69, 9.17) is 18.9 Å². The summed E-state index contributed by atoms with van der Waals surface area (Å²) < 4.78 is 22.5. The summed E-state index contributed by atoms with van der Waals surface area (Å²) in [6.07, 6.45) is 37.7. The minimum Gasteiger partial charge on any atom is -0.494 e. The van der Waals surface area contributed by atoms with E-state index in [1.165, 1.54) is 153 Å². The molecule has 0 fully saturated rings. The highest BCUT2D eigenvalue weighted by Crippen LogP contribution is 2.18. The molecule has 61 heavy (non-hydrogen) atoms. The van der Waals surface area contributed by atoms with Gasteiger partial charge in [-0.2, -0.15) is 0 Å². The molecule has 2 aromatic carbocycles. The van der Waals surface area contributed by atoms with Crippen molar-refractivity contribution >= 4 is 11.9 Å². The first-order chi connectivity index (χ1) is 29.9. The van der Waals surface area contributed by atoms with Gasteiger partial charge in [0.25, 0.3) is 0 Å². The van der Waals surface area contributed by atoms with E-state index in [9.17, 15) is 19.2 Å². The maximum absolute atomic E-state index is 12.5. The van der Waals surface area contributed by atoms with Crippen molar-refractivity contribution in [2.24, 2.45) is 0 Å². The third kappa shape index (κ3) is 30.1. The van der Waals surface area contributed by atoms with Crippen LogP contribution in [0.1, 0.15) is 226 Å². The first-order valence-corrected chi connectivity index (χ1v) is 24.9. The van der Waals surface area contributed by atoms with Gasteiger partial charge in [0, 0.05) is 12.8 Å². The minimum absolute atomic E-state index is 0.0359. The van der Waals surface area contributed by atoms with Crippen molar-refractivity contribution in [3.8, 4) is 23.0 Å². The first kappa shape index (κ1) is 53.5. The number of esters is 2. The molecule has 8 nitrogen and oxygen atoms in total. The van der Waals surface area contributed by atoms with Crippen LogP contribution in [0, 0.1) is 0 Å². The van der Waals surface area contributed by atoms with E-state index in [0.717, 1.165) is 70.6 Å². The maximum Gasteiger partial charge on any atom is 0.311 e. The van der Waals surface area contributed by atoms with Gasteiger partial charge in [0.05, 0.1) is 13.2 Å². The van der Waals surface area contributed by atoms with E-state index in [0.29, 0.717) is 37.6 Å². The third-order valence-corrected chi connectivity index (χ3v) is 11.3. The predicted molar refractivity (Wildman–Crippen MR) is 251 cm³/mol. The van der Waals surface area contributed by atoms with E-state index in [2.05, 4.69) is 13.8 Å². The van der Waals surface area contributed by atoms with Crippen LogP contribution in [0.2, 0.25) is 0 Å². The number of hydrogen-bond acceptors (Lipinski definition) is 8.